The fraction of sp³-hybridized carbons (Fsp3) is 1.00. The molecule has 0 aliphatic carbocycles. The Kier molecular flexibility index (Phi) is 6.91. The Bertz CT molecular complexity index is 88.4. The van der Waals surface area contributed by atoms with E-state index in [0.717, 1.165) is 12.4 Å². The number of hydrogen-bond donors (Lipinski definition) is 1. The summed E-state index contributed by atoms with van der Waals surface area (Å²) in [5, 5.41) is 0.450. The molecule has 0 spiro atoms. The normalized spacial score (nSPS) is 13.1. The maximum absolute atomic E-state index is 5.50. The minimum Gasteiger partial charge on any atom is -0.424 e. The molecule has 0 bridgehead atoms. The van der Waals surface area contributed by atoms with Gasteiger partial charge >= 0.3 is 0 Å². The number of rotatable bonds is 6. The van der Waals surface area contributed by atoms with Gasteiger partial charge in [-0.05, 0) is 18.4 Å². The minimum absolute atomic E-state index is 0.328. The van der Waals surface area contributed by atoms with E-state index in [1.165, 1.54) is 6.42 Å². The van der Waals surface area contributed by atoms with Crippen LogP contribution in [0.4, 0.5) is 0 Å². The van der Waals surface area contributed by atoms with Crippen molar-refractivity contribution in [2.24, 2.45) is 0 Å². The van der Waals surface area contributed by atoms with Crippen LogP contribution in [-0.2, 0) is 4.43 Å². The number of hydrogen-bond acceptors (Lipinski definition) is 3. The fourth-order valence-electron chi connectivity index (χ4n) is 0.772. The van der Waals surface area contributed by atoms with Crippen LogP contribution in [0.1, 0.15) is 27.2 Å². The summed E-state index contributed by atoms with van der Waals surface area (Å²) in [6.45, 7) is 7.53. The lowest BCUT2D eigenvalue weighted by molar-refractivity contribution is 0.338. The Labute approximate surface area is 81.4 Å². The van der Waals surface area contributed by atoms with Crippen molar-refractivity contribution < 1.29 is 4.43 Å². The Morgan fingerprint density at radius 3 is 2.64 bits per heavy atom. The van der Waals surface area contributed by atoms with Gasteiger partial charge in [-0.1, -0.05) is 24.6 Å². The molecular weight excluding hydrogens is 192 g/mol. The van der Waals surface area contributed by atoms with Crippen LogP contribution in [0.3, 0.4) is 0 Å². The van der Waals surface area contributed by atoms with Gasteiger partial charge in [-0.2, -0.15) is 0 Å². The molecule has 0 aromatic carbocycles. The van der Waals surface area contributed by atoms with E-state index >= 15 is 0 Å². The Morgan fingerprint density at radius 1 is 1.55 bits per heavy atom. The highest BCUT2D eigenvalue weighted by Gasteiger charge is 2.17. The van der Waals surface area contributed by atoms with Crippen LogP contribution < -0.4 is 0 Å². The second-order valence-electron chi connectivity index (χ2n) is 3.38. The van der Waals surface area contributed by atoms with Gasteiger partial charge in [-0.3, -0.25) is 0 Å². The van der Waals surface area contributed by atoms with E-state index in [-0.39, 0.29) is 9.76 Å². The molecule has 4 heteroatoms. The first-order valence-corrected chi connectivity index (χ1v) is 7.29. The van der Waals surface area contributed by atoms with Crippen LogP contribution in [0.2, 0.25) is 5.04 Å². The molecule has 0 aliphatic heterocycles. The molecule has 0 heterocycles. The molecule has 0 aromatic heterocycles. The summed E-state index contributed by atoms with van der Waals surface area (Å²) in [7, 11) is 1.29. The average molecular weight is 210 g/mol. The molecule has 0 aromatic rings. The molecule has 0 radical (unpaired) electrons. The molecule has 0 fully saturated rings. The van der Waals surface area contributed by atoms with Gasteiger partial charge in [0.2, 0.25) is 0 Å². The van der Waals surface area contributed by atoms with E-state index in [0.29, 0.717) is 5.04 Å². The molecule has 0 rings (SSSR count). The SMILES string of the molecule is CCO[SiH2]C(C)(C)CCSS. The predicted octanol–water partition coefficient (Wildman–Crippen LogP) is 2.27. The van der Waals surface area contributed by atoms with Crippen molar-refractivity contribution in [2.45, 2.75) is 32.2 Å². The van der Waals surface area contributed by atoms with Gasteiger partial charge in [0.05, 0.1) is 0 Å². The van der Waals surface area contributed by atoms with Crippen molar-refractivity contribution in [2.75, 3.05) is 12.4 Å². The zero-order chi connectivity index (χ0) is 8.74. The van der Waals surface area contributed by atoms with Crippen molar-refractivity contribution in [1.82, 2.24) is 0 Å². The predicted molar refractivity (Wildman–Crippen MR) is 60.3 cm³/mol. The summed E-state index contributed by atoms with van der Waals surface area (Å²) in [5.74, 6) is 1.14. The van der Waals surface area contributed by atoms with E-state index in [1.807, 2.05) is 0 Å². The van der Waals surface area contributed by atoms with Gasteiger partial charge < -0.3 is 4.43 Å². The van der Waals surface area contributed by atoms with E-state index < -0.39 is 0 Å². The van der Waals surface area contributed by atoms with Gasteiger partial charge in [-0.15, -0.1) is 11.7 Å². The van der Waals surface area contributed by atoms with E-state index in [9.17, 15) is 0 Å². The van der Waals surface area contributed by atoms with Crippen molar-refractivity contribution >= 4 is 32.2 Å². The zero-order valence-corrected chi connectivity index (χ0v) is 10.7. The minimum atomic E-state index is -0.328. The first kappa shape index (κ1) is 11.9. The van der Waals surface area contributed by atoms with Gasteiger partial charge in [0, 0.05) is 12.4 Å². The topological polar surface area (TPSA) is 9.23 Å². The van der Waals surface area contributed by atoms with Crippen LogP contribution in [0, 0.1) is 0 Å². The van der Waals surface area contributed by atoms with Crippen LogP contribution in [0.25, 0.3) is 0 Å². The fourth-order valence-corrected chi connectivity index (χ4v) is 3.02. The molecule has 68 valence electrons. The second kappa shape index (κ2) is 6.40. The number of thiol groups is 1. The van der Waals surface area contributed by atoms with Gasteiger partial charge in [0.15, 0.2) is 9.76 Å². The molecule has 0 atom stereocenters. The molecule has 1 nitrogen and oxygen atoms in total. The average Bonchev–Trinajstić information content (AvgIpc) is 1.97. The van der Waals surface area contributed by atoms with Crippen LogP contribution >= 0.6 is 22.5 Å². The smallest absolute Gasteiger partial charge is 0.167 e. The van der Waals surface area contributed by atoms with Crippen LogP contribution in [0.5, 0.6) is 0 Å². The first-order valence-electron chi connectivity index (χ1n) is 3.96. The van der Waals surface area contributed by atoms with Gasteiger partial charge in [0.1, 0.15) is 0 Å². The first-order chi connectivity index (χ1) is 5.12. The maximum Gasteiger partial charge on any atom is 0.167 e. The third kappa shape index (κ3) is 7.24. The largest absolute Gasteiger partial charge is 0.424 e. The maximum atomic E-state index is 5.50. The molecule has 0 unspecified atom stereocenters. The van der Waals surface area contributed by atoms with Crippen molar-refractivity contribution in [3.05, 3.63) is 0 Å². The summed E-state index contributed by atoms with van der Waals surface area (Å²) in [6, 6.07) is 0. The molecule has 0 saturated carbocycles. The Hall–Kier alpha value is 0.877. The molecular formula is C7H18OS2Si. The zero-order valence-electron chi connectivity index (χ0n) is 7.59. The molecule has 0 aliphatic rings. The summed E-state index contributed by atoms with van der Waals surface area (Å²) in [5.41, 5.74) is 0. The highest BCUT2D eigenvalue weighted by Crippen LogP contribution is 2.29. The second-order valence-corrected chi connectivity index (χ2v) is 7.44. The lowest BCUT2D eigenvalue weighted by atomic mass is 10.1. The monoisotopic (exact) mass is 210 g/mol. The third-order valence-electron chi connectivity index (χ3n) is 1.57. The molecule has 0 saturated heterocycles. The molecule has 11 heavy (non-hydrogen) atoms. The summed E-state index contributed by atoms with van der Waals surface area (Å²) < 4.78 is 5.50. The van der Waals surface area contributed by atoms with Crippen molar-refractivity contribution in [3.8, 4) is 0 Å². The van der Waals surface area contributed by atoms with Crippen LogP contribution in [-0.4, -0.2) is 22.1 Å². The summed E-state index contributed by atoms with van der Waals surface area (Å²) >= 11 is 4.11. The van der Waals surface area contributed by atoms with Crippen LogP contribution in [0.15, 0.2) is 0 Å². The van der Waals surface area contributed by atoms with Crippen molar-refractivity contribution in [3.63, 3.8) is 0 Å². The summed E-state index contributed by atoms with van der Waals surface area (Å²) in [4.78, 5) is 0. The Balaban J connectivity index is 3.43. The molecule has 0 N–H and O–H groups in total. The van der Waals surface area contributed by atoms with Gasteiger partial charge in [0.25, 0.3) is 0 Å². The highest BCUT2D eigenvalue weighted by atomic mass is 33.1. The third-order valence-corrected chi connectivity index (χ3v) is 4.25. The Morgan fingerprint density at radius 2 is 2.18 bits per heavy atom. The highest BCUT2D eigenvalue weighted by molar-refractivity contribution is 8.68. The summed E-state index contributed by atoms with van der Waals surface area (Å²) in [6.07, 6.45) is 1.23. The lowest BCUT2D eigenvalue weighted by Crippen LogP contribution is -2.16. The van der Waals surface area contributed by atoms with E-state index in [1.54, 1.807) is 10.8 Å². The van der Waals surface area contributed by atoms with Gasteiger partial charge in [-0.25, -0.2) is 0 Å². The van der Waals surface area contributed by atoms with E-state index in [2.05, 4.69) is 32.4 Å². The molecule has 0 amide bonds. The van der Waals surface area contributed by atoms with E-state index in [4.69, 9.17) is 4.43 Å². The quantitative estimate of drug-likeness (QED) is 0.409. The van der Waals surface area contributed by atoms with Crippen molar-refractivity contribution in [1.29, 1.82) is 0 Å². The standard InChI is InChI=1S/C7H18OS2Si/c1-4-8-11-7(2,3)5-6-10-9/h9H,4-6,11H2,1-3H3. The lowest BCUT2D eigenvalue weighted by Gasteiger charge is -2.22.